The quantitative estimate of drug-likeness (QED) is 0.387. The molecule has 0 aliphatic heterocycles. The number of aliphatic hydroxyl groups is 2. The first-order valence-corrected chi connectivity index (χ1v) is 5.93. The molecular weight excluding hydrogens is 282 g/mol. The minimum atomic E-state index is -1.23. The molecule has 0 aliphatic rings. The van der Waals surface area contributed by atoms with Gasteiger partial charge in [-0.1, -0.05) is 0 Å². The number of hydrogen-bond donors (Lipinski definition) is 4. The van der Waals surface area contributed by atoms with Crippen LogP contribution in [0.5, 0.6) is 0 Å². The van der Waals surface area contributed by atoms with Crippen LogP contribution in [0.1, 0.15) is 26.3 Å². The molecule has 0 bridgehead atoms. The summed E-state index contributed by atoms with van der Waals surface area (Å²) < 4.78 is 0. The van der Waals surface area contributed by atoms with Gasteiger partial charge in [-0.15, -0.1) is 0 Å². The zero-order valence-electron chi connectivity index (χ0n) is 11.2. The van der Waals surface area contributed by atoms with E-state index in [9.17, 15) is 24.8 Å². The maximum absolute atomic E-state index is 11.8. The van der Waals surface area contributed by atoms with Crippen LogP contribution in [0.25, 0.3) is 0 Å². The second-order valence-electron chi connectivity index (χ2n) is 4.26. The van der Waals surface area contributed by atoms with Gasteiger partial charge in [0.25, 0.3) is 11.6 Å². The van der Waals surface area contributed by atoms with Crippen molar-refractivity contribution < 1.29 is 24.7 Å². The highest BCUT2D eigenvalue weighted by molar-refractivity contribution is 6.02. The molecule has 1 atom stereocenters. The molecule has 0 heterocycles. The van der Waals surface area contributed by atoms with E-state index in [1.54, 1.807) is 0 Å². The number of rotatable bonds is 6. The lowest BCUT2D eigenvalue weighted by molar-refractivity contribution is -0.384. The van der Waals surface area contributed by atoms with E-state index in [0.717, 1.165) is 12.1 Å². The van der Waals surface area contributed by atoms with E-state index in [-0.39, 0.29) is 23.1 Å². The van der Waals surface area contributed by atoms with Crippen LogP contribution in [0.15, 0.2) is 12.1 Å². The van der Waals surface area contributed by atoms with Crippen molar-refractivity contribution in [3.63, 3.8) is 0 Å². The predicted molar refractivity (Wildman–Crippen MR) is 71.8 cm³/mol. The number of carbonyl (C=O) groups is 2. The van der Waals surface area contributed by atoms with Crippen molar-refractivity contribution in [2.45, 2.75) is 12.5 Å². The van der Waals surface area contributed by atoms with Gasteiger partial charge in [-0.3, -0.25) is 19.7 Å². The molecule has 0 aromatic heterocycles. The molecule has 114 valence electrons. The fraction of sp³-hybridized carbons (Fsp3) is 0.333. The fourth-order valence-electron chi connectivity index (χ4n) is 1.84. The zero-order chi connectivity index (χ0) is 16.2. The SMILES string of the molecule is CNC(=O)c1cc([N+](=O)[O-])cc(C(N)=O)c1CC(O)CO. The van der Waals surface area contributed by atoms with Crippen LogP contribution in [0.2, 0.25) is 0 Å². The van der Waals surface area contributed by atoms with E-state index in [1.165, 1.54) is 7.05 Å². The zero-order valence-corrected chi connectivity index (χ0v) is 11.2. The normalized spacial score (nSPS) is 11.8. The van der Waals surface area contributed by atoms with Crippen LogP contribution in [0, 0.1) is 10.1 Å². The third-order valence-corrected chi connectivity index (χ3v) is 2.83. The number of primary amides is 1. The van der Waals surface area contributed by atoms with Crippen molar-refractivity contribution in [3.8, 4) is 0 Å². The van der Waals surface area contributed by atoms with Gasteiger partial charge in [-0.05, 0) is 5.56 Å². The molecule has 1 aromatic carbocycles. The van der Waals surface area contributed by atoms with E-state index < -0.39 is 35.1 Å². The maximum atomic E-state index is 11.8. The Balaban J connectivity index is 3.57. The van der Waals surface area contributed by atoms with Gasteiger partial charge in [0.2, 0.25) is 5.91 Å². The van der Waals surface area contributed by atoms with Crippen molar-refractivity contribution in [3.05, 3.63) is 38.9 Å². The van der Waals surface area contributed by atoms with Crippen molar-refractivity contribution in [2.24, 2.45) is 5.73 Å². The third kappa shape index (κ3) is 3.74. The van der Waals surface area contributed by atoms with Crippen LogP contribution in [-0.2, 0) is 6.42 Å². The average molecular weight is 297 g/mol. The number of amides is 2. The molecule has 0 spiro atoms. The number of nitrogens with zero attached hydrogens (tertiary/aromatic N) is 1. The Hall–Kier alpha value is -2.52. The Morgan fingerprint density at radius 3 is 2.43 bits per heavy atom. The molecule has 0 fully saturated rings. The topological polar surface area (TPSA) is 156 Å². The smallest absolute Gasteiger partial charge is 0.271 e. The number of hydrogen-bond acceptors (Lipinski definition) is 6. The number of nitrogens with two attached hydrogens (primary N) is 1. The lowest BCUT2D eigenvalue weighted by Gasteiger charge is -2.14. The number of benzene rings is 1. The number of nitro benzene ring substituents is 1. The third-order valence-electron chi connectivity index (χ3n) is 2.83. The van der Waals surface area contributed by atoms with Crippen molar-refractivity contribution in [2.75, 3.05) is 13.7 Å². The first-order chi connectivity index (χ1) is 9.81. The number of non-ortho nitro benzene ring substituents is 1. The summed E-state index contributed by atoms with van der Waals surface area (Å²) in [5.41, 5.74) is 4.37. The highest BCUT2D eigenvalue weighted by atomic mass is 16.6. The molecule has 5 N–H and O–H groups in total. The van der Waals surface area contributed by atoms with E-state index in [2.05, 4.69) is 5.32 Å². The number of aliphatic hydroxyl groups excluding tert-OH is 2. The van der Waals surface area contributed by atoms with E-state index >= 15 is 0 Å². The molecule has 0 radical (unpaired) electrons. The van der Waals surface area contributed by atoms with Gasteiger partial charge < -0.3 is 21.3 Å². The number of carbonyl (C=O) groups excluding carboxylic acids is 2. The Morgan fingerprint density at radius 1 is 1.43 bits per heavy atom. The molecule has 1 rings (SSSR count). The summed E-state index contributed by atoms with van der Waals surface area (Å²) in [5.74, 6) is -1.63. The number of nitro groups is 1. The first-order valence-electron chi connectivity index (χ1n) is 5.93. The van der Waals surface area contributed by atoms with Gasteiger partial charge in [0.05, 0.1) is 23.2 Å². The van der Waals surface area contributed by atoms with Gasteiger partial charge in [-0.25, -0.2) is 0 Å². The van der Waals surface area contributed by atoms with Gasteiger partial charge in [-0.2, -0.15) is 0 Å². The Morgan fingerprint density at radius 2 is 2.00 bits per heavy atom. The summed E-state index contributed by atoms with van der Waals surface area (Å²) in [6.07, 6.45) is -1.47. The summed E-state index contributed by atoms with van der Waals surface area (Å²) in [6.45, 7) is -0.595. The van der Waals surface area contributed by atoms with Crippen LogP contribution < -0.4 is 11.1 Å². The molecule has 2 amide bonds. The van der Waals surface area contributed by atoms with Crippen LogP contribution >= 0.6 is 0 Å². The molecule has 1 aromatic rings. The minimum absolute atomic E-state index is 0.0500. The van der Waals surface area contributed by atoms with Crippen LogP contribution in [0.3, 0.4) is 0 Å². The van der Waals surface area contributed by atoms with Crippen molar-refractivity contribution >= 4 is 17.5 Å². The fourth-order valence-corrected chi connectivity index (χ4v) is 1.84. The van der Waals surface area contributed by atoms with E-state index in [1.807, 2.05) is 0 Å². The molecular formula is C12H15N3O6. The lowest BCUT2D eigenvalue weighted by atomic mass is 9.94. The molecule has 21 heavy (non-hydrogen) atoms. The number of nitrogens with one attached hydrogen (secondary N) is 1. The highest BCUT2D eigenvalue weighted by Gasteiger charge is 2.24. The van der Waals surface area contributed by atoms with Crippen molar-refractivity contribution in [1.29, 1.82) is 0 Å². The van der Waals surface area contributed by atoms with E-state index in [4.69, 9.17) is 10.8 Å². The molecule has 0 saturated heterocycles. The van der Waals surface area contributed by atoms with Crippen molar-refractivity contribution in [1.82, 2.24) is 5.32 Å². The summed E-state index contributed by atoms with van der Waals surface area (Å²) in [6, 6.07) is 1.93. The first kappa shape index (κ1) is 16.5. The standard InChI is InChI=1S/C12H15N3O6/c1-14-12(19)10-3-6(15(20)21)2-9(11(13)18)8(10)4-7(17)5-16/h2-3,7,16-17H,4-5H2,1H3,(H2,13,18)(H,14,19). The summed E-state index contributed by atoms with van der Waals surface area (Å²) >= 11 is 0. The molecule has 9 nitrogen and oxygen atoms in total. The Labute approximate surface area is 119 Å². The predicted octanol–water partition coefficient (Wildman–Crippen LogP) is -1.05. The average Bonchev–Trinajstić information content (AvgIpc) is 2.45. The second kappa shape index (κ2) is 6.77. The lowest BCUT2D eigenvalue weighted by Crippen LogP contribution is -2.26. The van der Waals surface area contributed by atoms with Gasteiger partial charge in [0.1, 0.15) is 0 Å². The Bertz CT molecular complexity index is 587. The molecule has 0 saturated carbocycles. The summed E-state index contributed by atoms with van der Waals surface area (Å²) in [5, 5.41) is 31.5. The summed E-state index contributed by atoms with van der Waals surface area (Å²) in [4.78, 5) is 33.4. The van der Waals surface area contributed by atoms with Crippen LogP contribution in [0.4, 0.5) is 5.69 Å². The van der Waals surface area contributed by atoms with Gasteiger partial charge in [0.15, 0.2) is 0 Å². The Kier molecular flexibility index (Phi) is 5.33. The largest absolute Gasteiger partial charge is 0.394 e. The summed E-state index contributed by atoms with van der Waals surface area (Å²) in [7, 11) is 1.32. The monoisotopic (exact) mass is 297 g/mol. The molecule has 0 aliphatic carbocycles. The van der Waals surface area contributed by atoms with Gasteiger partial charge in [0, 0.05) is 31.2 Å². The van der Waals surface area contributed by atoms with Crippen LogP contribution in [-0.4, -0.2) is 46.7 Å². The molecule has 9 heteroatoms. The highest BCUT2D eigenvalue weighted by Crippen LogP contribution is 2.24. The minimum Gasteiger partial charge on any atom is -0.394 e. The van der Waals surface area contributed by atoms with E-state index in [0.29, 0.717) is 0 Å². The second-order valence-corrected chi connectivity index (χ2v) is 4.26. The van der Waals surface area contributed by atoms with Gasteiger partial charge >= 0.3 is 0 Å². The molecule has 1 unspecified atom stereocenters. The maximum Gasteiger partial charge on any atom is 0.271 e.